The van der Waals surface area contributed by atoms with Crippen LogP contribution in [0.4, 0.5) is 4.39 Å². The molecule has 0 saturated carbocycles. The lowest BCUT2D eigenvalue weighted by Gasteiger charge is -2.28. The number of fused-ring (bicyclic) bond motifs is 2. The summed E-state index contributed by atoms with van der Waals surface area (Å²) in [6.07, 6.45) is 1.72. The lowest BCUT2D eigenvalue weighted by atomic mass is 10.0. The first-order valence-corrected chi connectivity index (χ1v) is 9.62. The van der Waals surface area contributed by atoms with Crippen LogP contribution in [0.15, 0.2) is 61.2 Å². The molecule has 2 aromatic rings. The van der Waals surface area contributed by atoms with E-state index < -0.39 is 42.4 Å². The number of hydrogen-bond donors (Lipinski definition) is 0. The van der Waals surface area contributed by atoms with Crippen LogP contribution in [0.1, 0.15) is 54.3 Å². The molecule has 0 bridgehead atoms. The molecule has 2 aliphatic heterocycles. The van der Waals surface area contributed by atoms with Crippen molar-refractivity contribution in [2.45, 2.75) is 24.9 Å². The van der Waals surface area contributed by atoms with E-state index in [-0.39, 0.29) is 24.0 Å². The number of alkyl halides is 1. The van der Waals surface area contributed by atoms with E-state index in [4.69, 9.17) is 0 Å². The third-order valence-electron chi connectivity index (χ3n) is 5.59. The predicted molar refractivity (Wildman–Crippen MR) is 107 cm³/mol. The third-order valence-corrected chi connectivity index (χ3v) is 5.59. The van der Waals surface area contributed by atoms with E-state index in [9.17, 15) is 23.6 Å². The molecule has 0 N–H and O–H groups in total. The van der Waals surface area contributed by atoms with Crippen molar-refractivity contribution in [2.24, 2.45) is 0 Å². The van der Waals surface area contributed by atoms with Gasteiger partial charge >= 0.3 is 0 Å². The minimum atomic E-state index is -0.991. The highest BCUT2D eigenvalue weighted by Crippen LogP contribution is 2.29. The molecule has 30 heavy (non-hydrogen) atoms. The van der Waals surface area contributed by atoms with E-state index in [1.54, 1.807) is 36.4 Å². The van der Waals surface area contributed by atoms with Crippen molar-refractivity contribution in [3.8, 4) is 0 Å². The molecule has 2 atom stereocenters. The monoisotopic (exact) mass is 406 g/mol. The van der Waals surface area contributed by atoms with Crippen LogP contribution >= 0.6 is 0 Å². The summed E-state index contributed by atoms with van der Waals surface area (Å²) < 4.78 is 13.9. The maximum Gasteiger partial charge on any atom is 0.262 e. The summed E-state index contributed by atoms with van der Waals surface area (Å²) in [5.41, 5.74) is 1.14. The standard InChI is InChI=1S/C23H19FN2O4/c1-2-14(25-20(27)16-7-3-4-8-17(16)21(25)28)11-12-15(13-24)26-22(29)18-9-5-6-10-19(18)23(26)30/h2-10,14-15H,1,11-13H2. The summed E-state index contributed by atoms with van der Waals surface area (Å²) in [6, 6.07) is 11.2. The van der Waals surface area contributed by atoms with Gasteiger partial charge < -0.3 is 0 Å². The smallest absolute Gasteiger partial charge is 0.262 e. The Morgan fingerprint density at radius 2 is 1.13 bits per heavy atom. The van der Waals surface area contributed by atoms with Gasteiger partial charge in [-0.15, -0.1) is 6.58 Å². The lowest BCUT2D eigenvalue weighted by molar-refractivity contribution is 0.0511. The van der Waals surface area contributed by atoms with Gasteiger partial charge in [-0.3, -0.25) is 29.0 Å². The SMILES string of the molecule is C=CC(CCC(CF)N1C(=O)c2ccccc2C1=O)N1C(=O)c2ccccc2C1=O. The van der Waals surface area contributed by atoms with Gasteiger partial charge in [-0.05, 0) is 37.1 Å². The fourth-order valence-electron chi connectivity index (χ4n) is 4.04. The molecule has 2 heterocycles. The Morgan fingerprint density at radius 3 is 1.50 bits per heavy atom. The molecule has 0 radical (unpaired) electrons. The van der Waals surface area contributed by atoms with Crippen molar-refractivity contribution < 1.29 is 23.6 Å². The van der Waals surface area contributed by atoms with Crippen molar-refractivity contribution in [1.29, 1.82) is 0 Å². The van der Waals surface area contributed by atoms with Crippen LogP contribution in [0.2, 0.25) is 0 Å². The quantitative estimate of drug-likeness (QED) is 0.523. The highest BCUT2D eigenvalue weighted by molar-refractivity contribution is 6.22. The van der Waals surface area contributed by atoms with E-state index in [1.807, 2.05) is 0 Å². The van der Waals surface area contributed by atoms with Gasteiger partial charge in [-0.25, -0.2) is 4.39 Å². The number of benzene rings is 2. The summed E-state index contributed by atoms with van der Waals surface area (Å²) in [7, 11) is 0. The fraction of sp³-hybridized carbons (Fsp3) is 0.217. The van der Waals surface area contributed by atoms with Crippen molar-refractivity contribution in [3.05, 3.63) is 83.4 Å². The van der Waals surface area contributed by atoms with Crippen LogP contribution in [-0.4, -0.2) is 52.2 Å². The molecule has 7 heteroatoms. The van der Waals surface area contributed by atoms with Gasteiger partial charge in [0.15, 0.2) is 0 Å². The van der Waals surface area contributed by atoms with Gasteiger partial charge in [0.1, 0.15) is 6.67 Å². The zero-order valence-electron chi connectivity index (χ0n) is 16.1. The van der Waals surface area contributed by atoms with Gasteiger partial charge in [-0.1, -0.05) is 30.3 Å². The number of carbonyl (C=O) groups is 4. The second-order valence-corrected chi connectivity index (χ2v) is 7.24. The van der Waals surface area contributed by atoms with Crippen LogP contribution in [-0.2, 0) is 0 Å². The van der Waals surface area contributed by atoms with Crippen molar-refractivity contribution in [1.82, 2.24) is 9.80 Å². The summed E-state index contributed by atoms with van der Waals surface area (Å²) in [4.78, 5) is 52.7. The van der Waals surface area contributed by atoms with E-state index in [0.717, 1.165) is 9.80 Å². The molecule has 0 spiro atoms. The molecule has 4 rings (SSSR count). The van der Waals surface area contributed by atoms with E-state index >= 15 is 0 Å². The van der Waals surface area contributed by atoms with Crippen LogP contribution in [0.25, 0.3) is 0 Å². The molecule has 0 saturated heterocycles. The van der Waals surface area contributed by atoms with Crippen LogP contribution in [0.3, 0.4) is 0 Å². The first kappa shape index (κ1) is 19.7. The molecule has 0 aliphatic carbocycles. The van der Waals surface area contributed by atoms with Crippen LogP contribution < -0.4 is 0 Å². The summed E-state index contributed by atoms with van der Waals surface area (Å²) in [5, 5.41) is 0. The Morgan fingerprint density at radius 1 is 0.733 bits per heavy atom. The Hall–Kier alpha value is -3.61. The molecule has 0 aromatic heterocycles. The summed E-state index contributed by atoms with van der Waals surface area (Å²) >= 11 is 0. The van der Waals surface area contributed by atoms with Crippen LogP contribution in [0.5, 0.6) is 0 Å². The zero-order valence-corrected chi connectivity index (χ0v) is 16.1. The van der Waals surface area contributed by atoms with Gasteiger partial charge in [0.25, 0.3) is 23.6 Å². The molecule has 0 fully saturated rings. The Balaban J connectivity index is 1.51. The number of nitrogens with zero attached hydrogens (tertiary/aromatic N) is 2. The van der Waals surface area contributed by atoms with E-state index in [2.05, 4.69) is 6.58 Å². The molecule has 6 nitrogen and oxygen atoms in total. The first-order valence-electron chi connectivity index (χ1n) is 9.62. The van der Waals surface area contributed by atoms with Gasteiger partial charge in [0.2, 0.25) is 0 Å². The average Bonchev–Trinajstić information content (AvgIpc) is 3.18. The molecular formula is C23H19FN2O4. The molecule has 4 amide bonds. The third kappa shape index (κ3) is 2.94. The summed E-state index contributed by atoms with van der Waals surface area (Å²) in [6.45, 7) is 2.79. The Bertz CT molecular complexity index is 1010. The second kappa shape index (κ2) is 7.67. The molecular weight excluding hydrogens is 387 g/mol. The van der Waals surface area contributed by atoms with Crippen LogP contribution in [0, 0.1) is 0 Å². The van der Waals surface area contributed by atoms with Crippen molar-refractivity contribution in [3.63, 3.8) is 0 Å². The molecule has 2 aromatic carbocycles. The normalized spacial score (nSPS) is 17.2. The van der Waals surface area contributed by atoms with Crippen molar-refractivity contribution in [2.75, 3.05) is 6.67 Å². The Kier molecular flexibility index (Phi) is 5.03. The second-order valence-electron chi connectivity index (χ2n) is 7.24. The van der Waals surface area contributed by atoms with Gasteiger partial charge in [0, 0.05) is 0 Å². The minimum Gasteiger partial charge on any atom is -0.269 e. The number of imide groups is 2. The number of carbonyl (C=O) groups excluding carboxylic acids is 4. The number of rotatable bonds is 7. The minimum absolute atomic E-state index is 0.0893. The average molecular weight is 406 g/mol. The highest BCUT2D eigenvalue weighted by Gasteiger charge is 2.42. The largest absolute Gasteiger partial charge is 0.269 e. The maximum absolute atomic E-state index is 13.9. The summed E-state index contributed by atoms with van der Waals surface area (Å²) in [5.74, 6) is -1.93. The van der Waals surface area contributed by atoms with E-state index in [1.165, 1.54) is 18.2 Å². The van der Waals surface area contributed by atoms with Crippen molar-refractivity contribution >= 4 is 23.6 Å². The zero-order chi connectivity index (χ0) is 21.4. The molecule has 2 aliphatic rings. The first-order chi connectivity index (χ1) is 14.5. The predicted octanol–water partition coefficient (Wildman–Crippen LogP) is 3.25. The maximum atomic E-state index is 13.9. The number of amides is 4. The topological polar surface area (TPSA) is 74.8 Å². The Labute approximate surface area is 172 Å². The number of hydrogen-bond acceptors (Lipinski definition) is 4. The lowest BCUT2D eigenvalue weighted by Crippen LogP contribution is -2.43. The van der Waals surface area contributed by atoms with Gasteiger partial charge in [0.05, 0.1) is 34.3 Å². The molecule has 152 valence electrons. The fourth-order valence-corrected chi connectivity index (χ4v) is 4.04. The number of halogens is 1. The molecule has 2 unspecified atom stereocenters. The van der Waals surface area contributed by atoms with Gasteiger partial charge in [-0.2, -0.15) is 0 Å². The highest BCUT2D eigenvalue weighted by atomic mass is 19.1. The van der Waals surface area contributed by atoms with E-state index in [0.29, 0.717) is 11.1 Å².